The van der Waals surface area contributed by atoms with Crippen LogP contribution in [0, 0.1) is 5.92 Å². The molecule has 0 spiro atoms. The van der Waals surface area contributed by atoms with Crippen LogP contribution in [0.15, 0.2) is 36.5 Å². The van der Waals surface area contributed by atoms with E-state index in [2.05, 4.69) is 11.1 Å². The molecule has 2 aromatic rings. The van der Waals surface area contributed by atoms with E-state index in [1.165, 1.54) is 32.1 Å². The molecule has 0 radical (unpaired) electrons. The largest absolute Gasteiger partial charge is 0.388 e. The Hall–Kier alpha value is -1.41. The molecule has 0 amide bonds. The van der Waals surface area contributed by atoms with Crippen molar-refractivity contribution in [2.24, 2.45) is 5.92 Å². The number of hydrogen-bond acceptors (Lipinski definition) is 2. The first-order valence-corrected chi connectivity index (χ1v) is 7.86. The molecule has 20 heavy (non-hydrogen) atoms. The molecule has 1 aliphatic carbocycles. The quantitative estimate of drug-likeness (QED) is 0.878. The monoisotopic (exact) mass is 269 g/mol. The highest BCUT2D eigenvalue weighted by atomic mass is 16.3. The molecule has 3 rings (SSSR count). The summed E-state index contributed by atoms with van der Waals surface area (Å²) >= 11 is 0. The van der Waals surface area contributed by atoms with Crippen molar-refractivity contribution >= 4 is 10.9 Å². The summed E-state index contributed by atoms with van der Waals surface area (Å²) in [6.45, 7) is 0. The zero-order valence-electron chi connectivity index (χ0n) is 12.0. The van der Waals surface area contributed by atoms with Crippen molar-refractivity contribution < 1.29 is 5.11 Å². The van der Waals surface area contributed by atoms with Gasteiger partial charge in [0, 0.05) is 11.6 Å². The number of hydrogen-bond donors (Lipinski definition) is 1. The first-order chi connectivity index (χ1) is 9.84. The third-order valence-electron chi connectivity index (χ3n) is 4.61. The van der Waals surface area contributed by atoms with Crippen LogP contribution in [0.25, 0.3) is 10.9 Å². The van der Waals surface area contributed by atoms with E-state index in [0.717, 1.165) is 35.2 Å². The summed E-state index contributed by atoms with van der Waals surface area (Å²) < 4.78 is 0. The SMILES string of the molecule is OC(CCC1CCCCC1)c1cccc2ncccc12. The predicted octanol–water partition coefficient (Wildman–Crippen LogP) is 4.63. The van der Waals surface area contributed by atoms with Gasteiger partial charge in [-0.3, -0.25) is 4.98 Å². The number of pyridine rings is 1. The van der Waals surface area contributed by atoms with E-state index in [1.807, 2.05) is 24.3 Å². The molecule has 106 valence electrons. The first kappa shape index (κ1) is 13.6. The van der Waals surface area contributed by atoms with Gasteiger partial charge in [-0.05, 0) is 36.5 Å². The van der Waals surface area contributed by atoms with Crippen molar-refractivity contribution in [2.75, 3.05) is 0 Å². The van der Waals surface area contributed by atoms with E-state index in [-0.39, 0.29) is 6.10 Å². The Kier molecular flexibility index (Phi) is 4.31. The summed E-state index contributed by atoms with van der Waals surface area (Å²) in [5.74, 6) is 0.825. The van der Waals surface area contributed by atoms with Gasteiger partial charge in [0.1, 0.15) is 0 Å². The van der Waals surface area contributed by atoms with Crippen molar-refractivity contribution in [1.82, 2.24) is 4.98 Å². The Balaban J connectivity index is 1.70. The van der Waals surface area contributed by atoms with Gasteiger partial charge in [0.05, 0.1) is 11.6 Å². The lowest BCUT2D eigenvalue weighted by molar-refractivity contribution is 0.152. The highest BCUT2D eigenvalue weighted by Gasteiger charge is 2.17. The van der Waals surface area contributed by atoms with Gasteiger partial charge in [-0.1, -0.05) is 50.3 Å². The van der Waals surface area contributed by atoms with Crippen LogP contribution in [0.1, 0.15) is 56.6 Å². The highest BCUT2D eigenvalue weighted by Crippen LogP contribution is 2.32. The van der Waals surface area contributed by atoms with Crippen molar-refractivity contribution in [3.63, 3.8) is 0 Å². The van der Waals surface area contributed by atoms with Crippen LogP contribution in [0.5, 0.6) is 0 Å². The Bertz CT molecular complexity index is 555. The van der Waals surface area contributed by atoms with Gasteiger partial charge >= 0.3 is 0 Å². The van der Waals surface area contributed by atoms with Crippen LogP contribution in [-0.4, -0.2) is 10.1 Å². The van der Waals surface area contributed by atoms with E-state index >= 15 is 0 Å². The fourth-order valence-electron chi connectivity index (χ4n) is 3.44. The molecule has 1 N–H and O–H groups in total. The minimum absolute atomic E-state index is 0.357. The summed E-state index contributed by atoms with van der Waals surface area (Å²) in [5.41, 5.74) is 2.01. The summed E-state index contributed by atoms with van der Waals surface area (Å²) in [5, 5.41) is 11.6. The lowest BCUT2D eigenvalue weighted by atomic mass is 9.84. The van der Waals surface area contributed by atoms with Crippen LogP contribution in [0.3, 0.4) is 0 Å². The van der Waals surface area contributed by atoms with Crippen molar-refractivity contribution in [3.8, 4) is 0 Å². The molecule has 1 atom stereocenters. The van der Waals surface area contributed by atoms with Gasteiger partial charge in [-0.2, -0.15) is 0 Å². The molecular weight excluding hydrogens is 246 g/mol. The number of aliphatic hydroxyl groups is 1. The Morgan fingerprint density at radius 1 is 1.10 bits per heavy atom. The second-order valence-corrected chi connectivity index (χ2v) is 6.01. The molecular formula is C18H23NO. The second-order valence-electron chi connectivity index (χ2n) is 6.01. The summed E-state index contributed by atoms with van der Waals surface area (Å²) in [7, 11) is 0. The molecule has 1 aliphatic rings. The average molecular weight is 269 g/mol. The maximum absolute atomic E-state index is 10.5. The molecule has 2 heteroatoms. The summed E-state index contributed by atoms with van der Waals surface area (Å²) in [6, 6.07) is 10.0. The van der Waals surface area contributed by atoms with Gasteiger partial charge in [-0.15, -0.1) is 0 Å². The zero-order chi connectivity index (χ0) is 13.8. The number of nitrogens with zero attached hydrogens (tertiary/aromatic N) is 1. The molecule has 0 aliphatic heterocycles. The highest BCUT2D eigenvalue weighted by molar-refractivity contribution is 5.82. The van der Waals surface area contributed by atoms with Crippen LogP contribution in [-0.2, 0) is 0 Å². The van der Waals surface area contributed by atoms with E-state index in [4.69, 9.17) is 0 Å². The topological polar surface area (TPSA) is 33.1 Å². The van der Waals surface area contributed by atoms with Gasteiger partial charge < -0.3 is 5.11 Å². The molecule has 1 heterocycles. The number of rotatable bonds is 4. The van der Waals surface area contributed by atoms with Gasteiger partial charge in [-0.25, -0.2) is 0 Å². The Morgan fingerprint density at radius 2 is 1.95 bits per heavy atom. The fraction of sp³-hybridized carbons (Fsp3) is 0.500. The maximum atomic E-state index is 10.5. The van der Waals surface area contributed by atoms with Gasteiger partial charge in [0.2, 0.25) is 0 Å². The average Bonchev–Trinajstić information content (AvgIpc) is 2.53. The molecule has 1 saturated carbocycles. The Labute approximate surface area is 120 Å². The predicted molar refractivity (Wildman–Crippen MR) is 82.5 cm³/mol. The molecule has 1 unspecified atom stereocenters. The minimum Gasteiger partial charge on any atom is -0.388 e. The summed E-state index contributed by atoms with van der Waals surface area (Å²) in [4.78, 5) is 4.36. The van der Waals surface area contributed by atoms with E-state index in [0.29, 0.717) is 0 Å². The minimum atomic E-state index is -0.357. The third kappa shape index (κ3) is 3.01. The lowest BCUT2D eigenvalue weighted by Gasteiger charge is -2.23. The van der Waals surface area contributed by atoms with Crippen LogP contribution < -0.4 is 0 Å². The summed E-state index contributed by atoms with van der Waals surface area (Å²) in [6.07, 6.45) is 10.3. The number of benzene rings is 1. The van der Waals surface area contributed by atoms with E-state index in [9.17, 15) is 5.11 Å². The maximum Gasteiger partial charge on any atom is 0.0796 e. The zero-order valence-corrected chi connectivity index (χ0v) is 12.0. The Morgan fingerprint density at radius 3 is 2.80 bits per heavy atom. The fourth-order valence-corrected chi connectivity index (χ4v) is 3.44. The van der Waals surface area contributed by atoms with Gasteiger partial charge in [0.15, 0.2) is 0 Å². The normalized spacial score (nSPS) is 18.2. The number of aliphatic hydroxyl groups excluding tert-OH is 1. The molecule has 0 bridgehead atoms. The lowest BCUT2D eigenvalue weighted by Crippen LogP contribution is -2.08. The molecule has 1 aromatic heterocycles. The first-order valence-electron chi connectivity index (χ1n) is 7.86. The second kappa shape index (κ2) is 6.36. The molecule has 1 fully saturated rings. The molecule has 0 saturated heterocycles. The van der Waals surface area contributed by atoms with Crippen LogP contribution in [0.2, 0.25) is 0 Å². The van der Waals surface area contributed by atoms with Crippen molar-refractivity contribution in [2.45, 2.75) is 51.0 Å². The van der Waals surface area contributed by atoms with Crippen molar-refractivity contribution in [1.29, 1.82) is 0 Å². The van der Waals surface area contributed by atoms with Crippen molar-refractivity contribution in [3.05, 3.63) is 42.1 Å². The number of fused-ring (bicyclic) bond motifs is 1. The number of aromatic nitrogens is 1. The third-order valence-corrected chi connectivity index (χ3v) is 4.61. The standard InChI is InChI=1S/C18H23NO/c20-18(12-11-14-6-2-1-3-7-14)16-8-4-10-17-15(16)9-5-13-19-17/h4-5,8-10,13-14,18,20H,1-3,6-7,11-12H2. The van der Waals surface area contributed by atoms with E-state index < -0.39 is 0 Å². The van der Waals surface area contributed by atoms with Crippen LogP contribution >= 0.6 is 0 Å². The smallest absolute Gasteiger partial charge is 0.0796 e. The molecule has 1 aromatic carbocycles. The van der Waals surface area contributed by atoms with Gasteiger partial charge in [0.25, 0.3) is 0 Å². The van der Waals surface area contributed by atoms with Crippen LogP contribution in [0.4, 0.5) is 0 Å². The molecule has 2 nitrogen and oxygen atoms in total. The van der Waals surface area contributed by atoms with E-state index in [1.54, 1.807) is 6.20 Å².